The summed E-state index contributed by atoms with van der Waals surface area (Å²) in [5, 5.41) is 22.8. The molecule has 2 N–H and O–H groups in total. The highest BCUT2D eigenvalue weighted by molar-refractivity contribution is 5.98. The number of nitro groups is 1. The lowest BCUT2D eigenvalue weighted by atomic mass is 9.95. The molecule has 1 aliphatic rings. The van der Waals surface area contributed by atoms with E-state index in [4.69, 9.17) is 9.84 Å². The Morgan fingerprint density at radius 3 is 2.56 bits per heavy atom. The van der Waals surface area contributed by atoms with Crippen LogP contribution in [0.1, 0.15) is 38.8 Å². The van der Waals surface area contributed by atoms with Crippen molar-refractivity contribution in [3.8, 4) is 0 Å². The predicted octanol–water partition coefficient (Wildman–Crippen LogP) is 2.80. The maximum Gasteiger partial charge on any atom is 0.335 e. The molecular formula is C19H18N2O6. The van der Waals surface area contributed by atoms with Gasteiger partial charge in [0, 0.05) is 36.8 Å². The van der Waals surface area contributed by atoms with E-state index in [1.54, 1.807) is 0 Å². The lowest BCUT2D eigenvalue weighted by molar-refractivity contribution is -0.384. The first-order valence-corrected chi connectivity index (χ1v) is 8.43. The van der Waals surface area contributed by atoms with E-state index in [9.17, 15) is 19.7 Å². The van der Waals surface area contributed by atoms with Crippen LogP contribution in [0.4, 0.5) is 5.69 Å². The number of benzene rings is 2. The molecule has 0 saturated carbocycles. The van der Waals surface area contributed by atoms with Gasteiger partial charge >= 0.3 is 5.97 Å². The van der Waals surface area contributed by atoms with E-state index in [-0.39, 0.29) is 23.1 Å². The minimum absolute atomic E-state index is 0.0585. The van der Waals surface area contributed by atoms with Crippen LogP contribution in [0.15, 0.2) is 48.5 Å². The second kappa shape index (κ2) is 7.96. The number of carboxylic acid groups (broad SMARTS) is 1. The van der Waals surface area contributed by atoms with Gasteiger partial charge < -0.3 is 15.2 Å². The fraction of sp³-hybridized carbons (Fsp3) is 0.263. The van der Waals surface area contributed by atoms with E-state index in [2.05, 4.69) is 5.32 Å². The first kappa shape index (κ1) is 18.5. The first-order chi connectivity index (χ1) is 13.0. The third-order valence-electron chi connectivity index (χ3n) is 4.50. The molecule has 8 heteroatoms. The highest BCUT2D eigenvalue weighted by Gasteiger charge is 2.30. The third-order valence-corrected chi connectivity index (χ3v) is 4.50. The van der Waals surface area contributed by atoms with E-state index >= 15 is 0 Å². The van der Waals surface area contributed by atoms with Crippen LogP contribution in [0, 0.1) is 16.0 Å². The van der Waals surface area contributed by atoms with Crippen molar-refractivity contribution in [3.05, 3.63) is 75.3 Å². The van der Waals surface area contributed by atoms with Crippen LogP contribution in [-0.2, 0) is 4.74 Å². The summed E-state index contributed by atoms with van der Waals surface area (Å²) in [6.07, 6.45) is 0.640. The van der Waals surface area contributed by atoms with Crippen LogP contribution in [0.3, 0.4) is 0 Å². The van der Waals surface area contributed by atoms with Gasteiger partial charge in [0.25, 0.3) is 11.6 Å². The number of amides is 1. The number of ether oxygens (including phenoxy) is 1. The molecule has 1 amide bonds. The fourth-order valence-corrected chi connectivity index (χ4v) is 3.15. The van der Waals surface area contributed by atoms with Gasteiger partial charge in [-0.3, -0.25) is 14.9 Å². The molecule has 8 nitrogen and oxygen atoms in total. The number of carboxylic acids is 1. The molecule has 0 aromatic heterocycles. The lowest BCUT2D eigenvalue weighted by Crippen LogP contribution is -2.30. The van der Waals surface area contributed by atoms with Crippen LogP contribution < -0.4 is 5.32 Å². The number of nitro benzene ring substituents is 1. The van der Waals surface area contributed by atoms with Crippen LogP contribution in [0.2, 0.25) is 0 Å². The van der Waals surface area contributed by atoms with Gasteiger partial charge in [-0.1, -0.05) is 30.3 Å². The molecular weight excluding hydrogens is 352 g/mol. The number of non-ortho nitro benzene ring substituents is 1. The molecule has 1 fully saturated rings. The Morgan fingerprint density at radius 2 is 1.89 bits per heavy atom. The highest BCUT2D eigenvalue weighted by atomic mass is 16.6. The Morgan fingerprint density at radius 1 is 1.19 bits per heavy atom. The van der Waals surface area contributed by atoms with Crippen molar-refractivity contribution in [2.24, 2.45) is 5.92 Å². The van der Waals surface area contributed by atoms with Gasteiger partial charge in [-0.25, -0.2) is 4.79 Å². The summed E-state index contributed by atoms with van der Waals surface area (Å²) >= 11 is 0. The van der Waals surface area contributed by atoms with E-state index in [0.717, 1.165) is 30.2 Å². The Kier molecular flexibility index (Phi) is 5.46. The molecule has 0 spiro atoms. The molecule has 1 saturated heterocycles. The molecule has 2 aromatic carbocycles. The normalized spacial score (nSPS) is 18.8. The Labute approximate surface area is 154 Å². The van der Waals surface area contributed by atoms with Crippen LogP contribution in [0.25, 0.3) is 0 Å². The van der Waals surface area contributed by atoms with Gasteiger partial charge in [-0.15, -0.1) is 0 Å². The average molecular weight is 370 g/mol. The van der Waals surface area contributed by atoms with Crippen molar-refractivity contribution in [2.45, 2.75) is 12.5 Å². The summed E-state index contributed by atoms with van der Waals surface area (Å²) in [4.78, 5) is 33.8. The van der Waals surface area contributed by atoms with E-state index in [1.165, 1.54) is 0 Å². The zero-order valence-corrected chi connectivity index (χ0v) is 14.3. The zero-order valence-electron chi connectivity index (χ0n) is 14.3. The van der Waals surface area contributed by atoms with Crippen LogP contribution in [-0.4, -0.2) is 35.1 Å². The molecule has 0 bridgehead atoms. The van der Waals surface area contributed by atoms with Crippen LogP contribution in [0.5, 0.6) is 0 Å². The minimum atomic E-state index is -1.33. The summed E-state index contributed by atoms with van der Waals surface area (Å²) in [5.74, 6) is -1.82. The molecule has 0 radical (unpaired) electrons. The number of nitrogens with one attached hydrogen (secondary N) is 1. The van der Waals surface area contributed by atoms with Gasteiger partial charge in [0.1, 0.15) is 0 Å². The second-order valence-electron chi connectivity index (χ2n) is 6.29. The number of nitrogens with zero attached hydrogens (tertiary/aromatic N) is 1. The van der Waals surface area contributed by atoms with Crippen molar-refractivity contribution in [1.82, 2.24) is 5.32 Å². The quantitative estimate of drug-likeness (QED) is 0.596. The van der Waals surface area contributed by atoms with Crippen molar-refractivity contribution < 1.29 is 24.4 Å². The van der Waals surface area contributed by atoms with Crippen molar-refractivity contribution in [2.75, 3.05) is 13.2 Å². The lowest BCUT2D eigenvalue weighted by Gasteiger charge is -2.19. The Bertz CT molecular complexity index is 836. The number of rotatable bonds is 6. The van der Waals surface area contributed by atoms with Gasteiger partial charge in [0.05, 0.1) is 16.6 Å². The smallest absolute Gasteiger partial charge is 0.335 e. The molecule has 1 heterocycles. The maximum atomic E-state index is 12.4. The second-order valence-corrected chi connectivity index (χ2v) is 6.29. The van der Waals surface area contributed by atoms with Crippen molar-refractivity contribution in [3.63, 3.8) is 0 Å². The van der Waals surface area contributed by atoms with E-state index in [1.807, 2.05) is 30.3 Å². The van der Waals surface area contributed by atoms with Gasteiger partial charge in [-0.2, -0.15) is 0 Å². The molecule has 2 atom stereocenters. The standard InChI is InChI=1S/C19H18N2O6/c22-18(14-8-15(19(23)24)10-16(9-14)21(25)26)20-11-13-6-7-27-17(13)12-4-2-1-3-5-12/h1-5,8-10,13,17H,6-7,11H2,(H,20,22)(H,23,24)/t13-,17-/m1/s1. The van der Waals surface area contributed by atoms with Gasteiger partial charge in [0.15, 0.2) is 0 Å². The van der Waals surface area contributed by atoms with Crippen LogP contribution >= 0.6 is 0 Å². The third kappa shape index (κ3) is 4.29. The summed E-state index contributed by atoms with van der Waals surface area (Å²) in [5.41, 5.74) is 0.224. The number of carbonyl (C=O) groups excluding carboxylic acids is 1. The summed E-state index contributed by atoms with van der Waals surface area (Å²) < 4.78 is 5.77. The fourth-order valence-electron chi connectivity index (χ4n) is 3.15. The topological polar surface area (TPSA) is 119 Å². The summed E-state index contributed by atoms with van der Waals surface area (Å²) in [7, 11) is 0. The monoisotopic (exact) mass is 370 g/mol. The molecule has 0 unspecified atom stereocenters. The molecule has 0 aliphatic carbocycles. The van der Waals surface area contributed by atoms with E-state index < -0.39 is 22.5 Å². The number of carbonyl (C=O) groups is 2. The van der Waals surface area contributed by atoms with Gasteiger partial charge in [0.2, 0.25) is 0 Å². The molecule has 1 aliphatic heterocycles. The molecule has 27 heavy (non-hydrogen) atoms. The zero-order chi connectivity index (χ0) is 19.4. The minimum Gasteiger partial charge on any atom is -0.478 e. The van der Waals surface area contributed by atoms with Gasteiger partial charge in [-0.05, 0) is 18.1 Å². The molecule has 140 valence electrons. The average Bonchev–Trinajstić information content (AvgIpc) is 3.15. The molecule has 3 rings (SSSR count). The highest BCUT2D eigenvalue weighted by Crippen LogP contribution is 2.34. The van der Waals surface area contributed by atoms with E-state index in [0.29, 0.717) is 13.2 Å². The van der Waals surface area contributed by atoms with Crippen molar-refractivity contribution in [1.29, 1.82) is 0 Å². The molecule has 2 aromatic rings. The number of hydrogen-bond acceptors (Lipinski definition) is 5. The largest absolute Gasteiger partial charge is 0.478 e. The maximum absolute atomic E-state index is 12.4. The SMILES string of the molecule is O=C(O)c1cc(C(=O)NC[C@H]2CCO[C@@H]2c2ccccc2)cc([N+](=O)[O-])c1. The predicted molar refractivity (Wildman–Crippen MR) is 95.6 cm³/mol. The Hall–Kier alpha value is -3.26. The first-order valence-electron chi connectivity index (χ1n) is 8.43. The number of hydrogen-bond donors (Lipinski definition) is 2. The Balaban J connectivity index is 1.72. The summed E-state index contributed by atoms with van der Waals surface area (Å²) in [6.45, 7) is 0.906. The summed E-state index contributed by atoms with van der Waals surface area (Å²) in [6, 6.07) is 12.8. The van der Waals surface area contributed by atoms with Crippen molar-refractivity contribution >= 4 is 17.6 Å². The number of aromatic carboxylic acids is 1.